The van der Waals surface area contributed by atoms with Gasteiger partial charge in [0, 0.05) is 18.7 Å². The van der Waals surface area contributed by atoms with Gasteiger partial charge in [0.2, 0.25) is 0 Å². The summed E-state index contributed by atoms with van der Waals surface area (Å²) in [5.74, 6) is -0.707. The molecule has 0 bridgehead atoms. The first-order chi connectivity index (χ1) is 10.3. The molecule has 0 saturated heterocycles. The van der Waals surface area contributed by atoms with Crippen LogP contribution in [0.4, 0.5) is 13.2 Å². The van der Waals surface area contributed by atoms with E-state index in [4.69, 9.17) is 10.4 Å². The highest BCUT2D eigenvalue weighted by atomic mass is 19.4. The third-order valence-corrected chi connectivity index (χ3v) is 2.86. The molecule has 0 fully saturated rings. The van der Waals surface area contributed by atoms with Crippen molar-refractivity contribution in [2.45, 2.75) is 18.7 Å². The molecular weight excluding hydrogens is 301 g/mol. The molecule has 0 radical (unpaired) electrons. The quantitative estimate of drug-likeness (QED) is 0.828. The smallest absolute Gasteiger partial charge is 0.390 e. The second-order valence-electron chi connectivity index (χ2n) is 4.64. The van der Waals surface area contributed by atoms with Crippen molar-refractivity contribution in [2.75, 3.05) is 19.7 Å². The highest BCUT2D eigenvalue weighted by Gasteiger charge is 2.30. The molecule has 0 spiro atoms. The van der Waals surface area contributed by atoms with Gasteiger partial charge in [0.15, 0.2) is 0 Å². The number of hydrogen-bond donors (Lipinski definition) is 2. The van der Waals surface area contributed by atoms with E-state index >= 15 is 0 Å². The predicted molar refractivity (Wildman–Crippen MR) is 70.8 cm³/mol. The lowest BCUT2D eigenvalue weighted by molar-refractivity contribution is -0.137. The average Bonchev–Trinajstić information content (AvgIpc) is 2.49. The number of benzene rings is 1. The summed E-state index contributed by atoms with van der Waals surface area (Å²) in [5, 5.41) is 26.8. The Morgan fingerprint density at radius 2 is 1.91 bits per heavy atom. The minimum atomic E-state index is -4.44. The zero-order valence-electron chi connectivity index (χ0n) is 11.5. The summed E-state index contributed by atoms with van der Waals surface area (Å²) in [7, 11) is 0. The third-order valence-electron chi connectivity index (χ3n) is 2.86. The Balaban J connectivity index is 2.87. The van der Waals surface area contributed by atoms with Crippen molar-refractivity contribution in [3.63, 3.8) is 0 Å². The zero-order chi connectivity index (χ0) is 16.8. The van der Waals surface area contributed by atoms with Crippen LogP contribution >= 0.6 is 0 Å². The Morgan fingerprint density at radius 3 is 2.36 bits per heavy atom. The van der Waals surface area contributed by atoms with E-state index in [1.54, 1.807) is 0 Å². The van der Waals surface area contributed by atoms with E-state index < -0.39 is 44.3 Å². The van der Waals surface area contributed by atoms with Crippen LogP contribution < -0.4 is 0 Å². The minimum Gasteiger partial charge on any atom is -0.394 e. The van der Waals surface area contributed by atoms with Crippen LogP contribution in [0.25, 0.3) is 0 Å². The van der Waals surface area contributed by atoms with E-state index in [0.717, 1.165) is 4.90 Å². The maximum atomic E-state index is 12.3. The topological polar surface area (TPSA) is 84.6 Å². The molecule has 0 aliphatic carbocycles. The molecule has 0 unspecified atom stereocenters. The van der Waals surface area contributed by atoms with Gasteiger partial charge in [-0.1, -0.05) is 0 Å². The van der Waals surface area contributed by atoms with E-state index in [-0.39, 0.29) is 5.56 Å². The van der Waals surface area contributed by atoms with Crippen LogP contribution in [0.15, 0.2) is 24.3 Å². The Morgan fingerprint density at radius 1 is 1.32 bits per heavy atom. The molecule has 5 nitrogen and oxygen atoms in total. The Labute approximate surface area is 125 Å². The van der Waals surface area contributed by atoms with Gasteiger partial charge in [0.25, 0.3) is 5.91 Å². The lowest BCUT2D eigenvalue weighted by atomic mass is 10.1. The highest BCUT2D eigenvalue weighted by Crippen LogP contribution is 2.20. The molecule has 0 aliphatic heterocycles. The number of halogens is 3. The molecular formula is C14H15F3N2O3. The number of alkyl halides is 3. The predicted octanol–water partition coefficient (Wildman–Crippen LogP) is 1.31. The van der Waals surface area contributed by atoms with Crippen molar-refractivity contribution in [2.24, 2.45) is 0 Å². The van der Waals surface area contributed by atoms with Crippen molar-refractivity contribution in [3.05, 3.63) is 35.4 Å². The van der Waals surface area contributed by atoms with Crippen molar-refractivity contribution in [3.8, 4) is 6.07 Å². The summed E-state index contributed by atoms with van der Waals surface area (Å²) in [5.41, 5.74) is 0.417. The van der Waals surface area contributed by atoms with Gasteiger partial charge in [0.1, 0.15) is 0 Å². The molecule has 8 heteroatoms. The fourth-order valence-electron chi connectivity index (χ4n) is 1.72. The van der Waals surface area contributed by atoms with Crippen LogP contribution in [0.3, 0.4) is 0 Å². The normalized spacial score (nSPS) is 12.5. The van der Waals surface area contributed by atoms with Crippen LogP contribution in [-0.2, 0) is 0 Å². The fraction of sp³-hybridized carbons (Fsp3) is 0.429. The minimum absolute atomic E-state index is 0.103. The number of rotatable bonds is 6. The summed E-state index contributed by atoms with van der Waals surface area (Å²) in [6.07, 6.45) is -6.98. The number of aliphatic hydroxyl groups excluding tert-OH is 2. The van der Waals surface area contributed by atoms with Crippen LogP contribution in [0.5, 0.6) is 0 Å². The molecule has 0 aliphatic rings. The van der Waals surface area contributed by atoms with Crippen LogP contribution in [-0.4, -0.2) is 53.0 Å². The first-order valence-corrected chi connectivity index (χ1v) is 6.42. The molecule has 1 aromatic carbocycles. The van der Waals surface area contributed by atoms with Crippen molar-refractivity contribution >= 4 is 5.91 Å². The summed E-state index contributed by atoms with van der Waals surface area (Å²) in [6, 6.07) is 7.26. The fourth-order valence-corrected chi connectivity index (χ4v) is 1.72. The zero-order valence-corrected chi connectivity index (χ0v) is 11.5. The number of amides is 1. The first kappa shape index (κ1) is 17.9. The summed E-state index contributed by atoms with van der Waals surface area (Å²) >= 11 is 0. The Kier molecular flexibility index (Phi) is 6.34. The molecule has 1 amide bonds. The second-order valence-corrected chi connectivity index (χ2v) is 4.64. The van der Waals surface area contributed by atoms with Crippen LogP contribution in [0, 0.1) is 11.3 Å². The van der Waals surface area contributed by atoms with Gasteiger partial charge in [-0.05, 0) is 24.3 Å². The van der Waals surface area contributed by atoms with Gasteiger partial charge in [-0.2, -0.15) is 18.4 Å². The SMILES string of the molecule is N#Cc1ccc(C(=O)N(CCC(F)(F)F)C[C@H](O)CO)cc1. The number of hydrogen-bond acceptors (Lipinski definition) is 4. The van der Waals surface area contributed by atoms with Gasteiger partial charge >= 0.3 is 6.18 Å². The highest BCUT2D eigenvalue weighted by molar-refractivity contribution is 5.94. The van der Waals surface area contributed by atoms with Crippen molar-refractivity contribution in [1.82, 2.24) is 4.90 Å². The Bertz CT molecular complexity index is 538. The number of aliphatic hydroxyl groups is 2. The molecule has 0 aromatic heterocycles. The van der Waals surface area contributed by atoms with Crippen LogP contribution in [0.2, 0.25) is 0 Å². The van der Waals surface area contributed by atoms with Crippen LogP contribution in [0.1, 0.15) is 22.3 Å². The Hall–Kier alpha value is -2.11. The third kappa shape index (κ3) is 5.71. The number of carbonyl (C=O) groups excluding carboxylic acids is 1. The number of nitrogens with zero attached hydrogens (tertiary/aromatic N) is 2. The molecule has 0 saturated carbocycles. The molecule has 1 rings (SSSR count). The maximum absolute atomic E-state index is 12.3. The molecule has 2 N–H and O–H groups in total. The molecule has 1 atom stereocenters. The van der Waals surface area contributed by atoms with E-state index in [1.807, 2.05) is 6.07 Å². The second kappa shape index (κ2) is 7.77. The monoisotopic (exact) mass is 316 g/mol. The number of carbonyl (C=O) groups is 1. The lowest BCUT2D eigenvalue weighted by Gasteiger charge is -2.25. The van der Waals surface area contributed by atoms with E-state index in [1.165, 1.54) is 24.3 Å². The van der Waals surface area contributed by atoms with Gasteiger partial charge in [0.05, 0.1) is 30.8 Å². The van der Waals surface area contributed by atoms with E-state index in [2.05, 4.69) is 0 Å². The summed E-state index contributed by atoms with van der Waals surface area (Å²) in [6.45, 7) is -1.70. The molecule has 22 heavy (non-hydrogen) atoms. The molecule has 1 aromatic rings. The average molecular weight is 316 g/mol. The number of nitriles is 1. The van der Waals surface area contributed by atoms with Crippen molar-refractivity contribution < 1.29 is 28.2 Å². The lowest BCUT2D eigenvalue weighted by Crippen LogP contribution is -2.40. The first-order valence-electron chi connectivity index (χ1n) is 6.42. The maximum Gasteiger partial charge on any atom is 0.390 e. The summed E-state index contributed by atoms with van der Waals surface area (Å²) in [4.78, 5) is 13.0. The summed E-state index contributed by atoms with van der Waals surface area (Å²) < 4.78 is 36.9. The molecule has 120 valence electrons. The van der Waals surface area contributed by atoms with Gasteiger partial charge in [-0.3, -0.25) is 4.79 Å². The van der Waals surface area contributed by atoms with E-state index in [0.29, 0.717) is 5.56 Å². The van der Waals surface area contributed by atoms with Gasteiger partial charge in [-0.15, -0.1) is 0 Å². The molecule has 0 heterocycles. The van der Waals surface area contributed by atoms with Gasteiger partial charge in [-0.25, -0.2) is 0 Å². The van der Waals surface area contributed by atoms with Crippen molar-refractivity contribution in [1.29, 1.82) is 5.26 Å². The standard InChI is InChI=1S/C14H15F3N2O3/c15-14(16,17)5-6-19(8-12(21)9-20)13(22)11-3-1-10(7-18)2-4-11/h1-4,12,20-21H,5-6,8-9H2/t12-/m0/s1. The van der Waals surface area contributed by atoms with E-state index in [9.17, 15) is 23.1 Å². The largest absolute Gasteiger partial charge is 0.394 e. The van der Waals surface area contributed by atoms with Gasteiger partial charge < -0.3 is 15.1 Å².